The van der Waals surface area contributed by atoms with E-state index in [1.54, 1.807) is 12.1 Å². The first-order valence-corrected chi connectivity index (χ1v) is 11.3. The van der Waals surface area contributed by atoms with Gasteiger partial charge < -0.3 is 19.4 Å². The Labute approximate surface area is 191 Å². The molecule has 8 heteroatoms. The zero-order valence-electron chi connectivity index (χ0n) is 19.4. The van der Waals surface area contributed by atoms with Gasteiger partial charge in [0.05, 0.1) is 17.6 Å². The molecule has 0 radical (unpaired) electrons. The predicted octanol–water partition coefficient (Wildman–Crippen LogP) is 7.46. The van der Waals surface area contributed by atoms with Gasteiger partial charge in [0.1, 0.15) is 11.5 Å². The molecule has 33 heavy (non-hydrogen) atoms. The van der Waals surface area contributed by atoms with Crippen LogP contribution in [0.2, 0.25) is 0 Å². The van der Waals surface area contributed by atoms with Crippen LogP contribution < -0.4 is 14.8 Å². The Kier molecular flexibility index (Phi) is 6.20. The number of anilines is 2. The summed E-state index contributed by atoms with van der Waals surface area (Å²) < 4.78 is 49.3. The second-order valence-electron chi connectivity index (χ2n) is 9.65. The number of imidazole rings is 1. The monoisotopic (exact) mass is 461 g/mol. The Morgan fingerprint density at radius 3 is 2.42 bits per heavy atom. The number of fused-ring (bicyclic) bond motifs is 1. The standard InChI is InChI=1S/C25H30F3N3O2/c1-5-32-20-10-11-22-21(13-20)30-23(31(22)18-12-16(2)14-24(3,4)15-18)29-17-6-8-19(9-7-17)33-25(26,27)28/h6-11,13,16,18H,5,12,14-15H2,1-4H3,(H,29,30)/t16-,18+/m1/s1. The summed E-state index contributed by atoms with van der Waals surface area (Å²) in [5.41, 5.74) is 2.66. The molecule has 2 atom stereocenters. The van der Waals surface area contributed by atoms with Gasteiger partial charge in [0.2, 0.25) is 5.95 Å². The number of aromatic nitrogens is 2. The molecule has 1 N–H and O–H groups in total. The van der Waals surface area contributed by atoms with Crippen molar-refractivity contribution in [2.45, 2.75) is 59.4 Å². The van der Waals surface area contributed by atoms with Crippen molar-refractivity contribution >= 4 is 22.7 Å². The molecule has 0 amide bonds. The van der Waals surface area contributed by atoms with Crippen LogP contribution in [0.5, 0.6) is 11.5 Å². The molecule has 0 saturated heterocycles. The molecule has 178 valence electrons. The Morgan fingerprint density at radius 2 is 1.79 bits per heavy atom. The fourth-order valence-electron chi connectivity index (χ4n) is 5.15. The molecule has 4 rings (SSSR count). The average molecular weight is 462 g/mol. The summed E-state index contributed by atoms with van der Waals surface area (Å²) >= 11 is 0. The lowest BCUT2D eigenvalue weighted by Crippen LogP contribution is -2.29. The lowest BCUT2D eigenvalue weighted by Gasteiger charge is -2.40. The minimum absolute atomic E-state index is 0.206. The maximum absolute atomic E-state index is 12.5. The van der Waals surface area contributed by atoms with Crippen LogP contribution in [0.4, 0.5) is 24.8 Å². The molecule has 1 aromatic heterocycles. The fourth-order valence-corrected chi connectivity index (χ4v) is 5.15. The Bertz CT molecular complexity index is 1110. The summed E-state index contributed by atoms with van der Waals surface area (Å²) in [6.07, 6.45) is -1.49. The Hall–Kier alpha value is -2.90. The molecular weight excluding hydrogens is 431 g/mol. The first kappa shape index (κ1) is 23.3. The predicted molar refractivity (Wildman–Crippen MR) is 123 cm³/mol. The number of ether oxygens (including phenoxy) is 2. The van der Waals surface area contributed by atoms with E-state index in [2.05, 4.69) is 35.4 Å². The minimum atomic E-state index is -4.72. The second-order valence-corrected chi connectivity index (χ2v) is 9.65. The summed E-state index contributed by atoms with van der Waals surface area (Å²) in [6.45, 7) is 9.39. The van der Waals surface area contributed by atoms with Crippen molar-refractivity contribution in [1.29, 1.82) is 0 Å². The lowest BCUT2D eigenvalue weighted by molar-refractivity contribution is -0.274. The zero-order chi connectivity index (χ0) is 23.8. The summed E-state index contributed by atoms with van der Waals surface area (Å²) in [6, 6.07) is 11.9. The third kappa shape index (κ3) is 5.54. The van der Waals surface area contributed by atoms with Gasteiger partial charge in [-0.25, -0.2) is 4.98 Å². The number of halogens is 3. The number of alkyl halides is 3. The number of hydrogen-bond acceptors (Lipinski definition) is 4. The highest BCUT2D eigenvalue weighted by Gasteiger charge is 2.35. The number of nitrogens with zero attached hydrogens (tertiary/aromatic N) is 2. The van der Waals surface area contributed by atoms with Crippen LogP contribution in [0.3, 0.4) is 0 Å². The Balaban J connectivity index is 1.71. The van der Waals surface area contributed by atoms with E-state index in [4.69, 9.17) is 9.72 Å². The van der Waals surface area contributed by atoms with Gasteiger partial charge in [-0.05, 0) is 73.9 Å². The smallest absolute Gasteiger partial charge is 0.494 e. The van der Waals surface area contributed by atoms with Crippen LogP contribution in [0, 0.1) is 11.3 Å². The summed E-state index contributed by atoms with van der Waals surface area (Å²) in [5.74, 6) is 1.74. The van der Waals surface area contributed by atoms with Crippen molar-refractivity contribution in [3.8, 4) is 11.5 Å². The van der Waals surface area contributed by atoms with Gasteiger partial charge in [-0.2, -0.15) is 0 Å². The highest BCUT2D eigenvalue weighted by atomic mass is 19.4. The van der Waals surface area contributed by atoms with Gasteiger partial charge in [0.25, 0.3) is 0 Å². The molecule has 0 unspecified atom stereocenters. The van der Waals surface area contributed by atoms with Crippen LogP contribution >= 0.6 is 0 Å². The van der Waals surface area contributed by atoms with Gasteiger partial charge in [0.15, 0.2) is 0 Å². The minimum Gasteiger partial charge on any atom is -0.494 e. The molecule has 1 aliphatic rings. The number of hydrogen-bond donors (Lipinski definition) is 1. The Morgan fingerprint density at radius 1 is 1.09 bits per heavy atom. The summed E-state index contributed by atoms with van der Waals surface area (Å²) in [7, 11) is 0. The van der Waals surface area contributed by atoms with E-state index in [0.717, 1.165) is 29.6 Å². The third-order valence-corrected chi connectivity index (χ3v) is 6.04. The van der Waals surface area contributed by atoms with Crippen molar-refractivity contribution in [3.63, 3.8) is 0 Å². The largest absolute Gasteiger partial charge is 0.573 e. The van der Waals surface area contributed by atoms with Gasteiger partial charge in [-0.3, -0.25) is 0 Å². The van der Waals surface area contributed by atoms with E-state index in [1.807, 2.05) is 25.1 Å². The molecule has 5 nitrogen and oxygen atoms in total. The summed E-state index contributed by atoms with van der Waals surface area (Å²) in [4.78, 5) is 4.84. The van der Waals surface area contributed by atoms with Crippen LogP contribution in [-0.4, -0.2) is 22.5 Å². The van der Waals surface area contributed by atoms with E-state index < -0.39 is 6.36 Å². The van der Waals surface area contributed by atoms with Crippen LogP contribution in [0.15, 0.2) is 42.5 Å². The molecular formula is C25H30F3N3O2. The van der Waals surface area contributed by atoms with Crippen LogP contribution in [-0.2, 0) is 0 Å². The lowest BCUT2D eigenvalue weighted by atomic mass is 9.70. The molecule has 2 aromatic carbocycles. The van der Waals surface area contributed by atoms with E-state index >= 15 is 0 Å². The van der Waals surface area contributed by atoms with Crippen molar-refractivity contribution in [1.82, 2.24) is 9.55 Å². The first-order valence-electron chi connectivity index (χ1n) is 11.3. The van der Waals surface area contributed by atoms with Gasteiger partial charge >= 0.3 is 6.36 Å². The van der Waals surface area contributed by atoms with Crippen molar-refractivity contribution < 1.29 is 22.6 Å². The normalized spacial score (nSPS) is 20.6. The molecule has 0 spiro atoms. The molecule has 1 saturated carbocycles. The molecule has 0 bridgehead atoms. The third-order valence-electron chi connectivity index (χ3n) is 6.04. The van der Waals surface area contributed by atoms with Gasteiger partial charge in [-0.1, -0.05) is 20.8 Å². The highest BCUT2D eigenvalue weighted by Crippen LogP contribution is 2.46. The first-order chi connectivity index (χ1) is 15.5. The SMILES string of the molecule is CCOc1ccc2c(c1)nc(Nc1ccc(OC(F)(F)F)cc1)n2[C@H]1C[C@@H](C)CC(C)(C)C1. The molecule has 3 aromatic rings. The topological polar surface area (TPSA) is 48.3 Å². The van der Waals surface area contributed by atoms with E-state index in [1.165, 1.54) is 18.6 Å². The number of rotatable bonds is 6. The summed E-state index contributed by atoms with van der Waals surface area (Å²) in [5, 5.41) is 3.32. The maximum Gasteiger partial charge on any atom is 0.573 e. The second kappa shape index (κ2) is 8.80. The van der Waals surface area contributed by atoms with Crippen molar-refractivity contribution in [2.75, 3.05) is 11.9 Å². The molecule has 1 aliphatic carbocycles. The highest BCUT2D eigenvalue weighted by molar-refractivity contribution is 5.81. The fraction of sp³-hybridized carbons (Fsp3) is 0.480. The number of benzene rings is 2. The zero-order valence-corrected chi connectivity index (χ0v) is 19.4. The quantitative estimate of drug-likeness (QED) is 0.414. The van der Waals surface area contributed by atoms with Crippen LogP contribution in [0.25, 0.3) is 11.0 Å². The van der Waals surface area contributed by atoms with Crippen molar-refractivity contribution in [2.24, 2.45) is 11.3 Å². The van der Waals surface area contributed by atoms with Gasteiger partial charge in [0, 0.05) is 17.8 Å². The van der Waals surface area contributed by atoms with E-state index in [0.29, 0.717) is 24.2 Å². The number of nitrogens with one attached hydrogen (secondary N) is 1. The molecule has 1 fully saturated rings. The van der Waals surface area contributed by atoms with Crippen molar-refractivity contribution in [3.05, 3.63) is 42.5 Å². The molecule has 0 aliphatic heterocycles. The van der Waals surface area contributed by atoms with Crippen LogP contribution in [0.1, 0.15) is 53.0 Å². The van der Waals surface area contributed by atoms with Gasteiger partial charge in [-0.15, -0.1) is 13.2 Å². The maximum atomic E-state index is 12.5. The van der Waals surface area contributed by atoms with E-state index in [9.17, 15) is 13.2 Å². The van der Waals surface area contributed by atoms with E-state index in [-0.39, 0.29) is 17.2 Å². The molecule has 1 heterocycles. The average Bonchev–Trinajstić information content (AvgIpc) is 3.04.